The maximum Gasteiger partial charge on any atom is 0.406 e. The molecule has 0 N–H and O–H groups in total. The first kappa shape index (κ1) is 13.4. The number of halogens is 1. The van der Waals surface area contributed by atoms with Gasteiger partial charge < -0.3 is 14.9 Å². The van der Waals surface area contributed by atoms with Crippen LogP contribution < -0.4 is 4.74 Å². The van der Waals surface area contributed by atoms with Crippen LogP contribution in [0.1, 0.15) is 18.7 Å². The molecule has 0 aliphatic rings. The summed E-state index contributed by atoms with van der Waals surface area (Å²) < 4.78 is 6.19. The molecule has 0 aromatic carbocycles. The van der Waals surface area contributed by atoms with Crippen LogP contribution >= 0.6 is 15.9 Å². The summed E-state index contributed by atoms with van der Waals surface area (Å²) >= 11 is 3.21. The number of hydrogen-bond donors (Lipinski definition) is 0. The third-order valence-electron chi connectivity index (χ3n) is 2.38. The Kier molecular flexibility index (Phi) is 4.06. The van der Waals surface area contributed by atoms with Crippen LogP contribution in [-0.2, 0) is 0 Å². The molecule has 0 aliphatic carbocycles. The monoisotopic (exact) mass is 323 g/mol. The van der Waals surface area contributed by atoms with Gasteiger partial charge in [0.15, 0.2) is 6.20 Å². The van der Waals surface area contributed by atoms with Crippen molar-refractivity contribution in [2.24, 2.45) is 0 Å². The van der Waals surface area contributed by atoms with E-state index < -0.39 is 11.0 Å². The Morgan fingerprint density at radius 1 is 1.42 bits per heavy atom. The van der Waals surface area contributed by atoms with Gasteiger partial charge in [-0.15, -0.1) is 0 Å². The van der Waals surface area contributed by atoms with E-state index in [9.17, 15) is 10.1 Å². The van der Waals surface area contributed by atoms with E-state index in [1.165, 1.54) is 12.3 Å². The van der Waals surface area contributed by atoms with E-state index in [4.69, 9.17) is 4.74 Å². The first-order chi connectivity index (χ1) is 9.08. The van der Waals surface area contributed by atoms with Crippen molar-refractivity contribution in [1.82, 2.24) is 9.97 Å². The largest absolute Gasteiger partial charge is 0.476 e. The summed E-state index contributed by atoms with van der Waals surface area (Å²) in [5, 5.41) is 10.9. The van der Waals surface area contributed by atoms with E-state index in [2.05, 4.69) is 25.9 Å². The highest BCUT2D eigenvalue weighted by Crippen LogP contribution is 2.30. The molecule has 0 aliphatic heterocycles. The molecule has 2 rings (SSSR count). The minimum Gasteiger partial charge on any atom is -0.476 e. The van der Waals surface area contributed by atoms with Gasteiger partial charge in [0.1, 0.15) is 6.10 Å². The van der Waals surface area contributed by atoms with Crippen molar-refractivity contribution < 1.29 is 9.66 Å². The van der Waals surface area contributed by atoms with E-state index in [0.29, 0.717) is 10.2 Å². The van der Waals surface area contributed by atoms with Gasteiger partial charge in [0.05, 0.1) is 10.2 Å². The van der Waals surface area contributed by atoms with Crippen LogP contribution in [0.5, 0.6) is 5.75 Å². The number of hydrogen-bond acceptors (Lipinski definition) is 5. The summed E-state index contributed by atoms with van der Waals surface area (Å²) in [4.78, 5) is 18.2. The fourth-order valence-corrected chi connectivity index (χ4v) is 1.81. The van der Waals surface area contributed by atoms with Gasteiger partial charge in [-0.3, -0.25) is 4.98 Å². The van der Waals surface area contributed by atoms with Crippen molar-refractivity contribution in [3.63, 3.8) is 0 Å². The molecule has 0 saturated heterocycles. The van der Waals surface area contributed by atoms with E-state index in [1.54, 1.807) is 25.3 Å². The van der Waals surface area contributed by atoms with E-state index >= 15 is 0 Å². The predicted molar refractivity (Wildman–Crippen MR) is 71.9 cm³/mol. The molecule has 7 heteroatoms. The second-order valence-corrected chi connectivity index (χ2v) is 4.66. The Morgan fingerprint density at radius 3 is 2.84 bits per heavy atom. The molecule has 0 fully saturated rings. The van der Waals surface area contributed by atoms with Crippen LogP contribution in [-0.4, -0.2) is 14.9 Å². The van der Waals surface area contributed by atoms with Crippen molar-refractivity contribution >= 4 is 21.7 Å². The molecule has 0 bridgehead atoms. The van der Waals surface area contributed by atoms with Crippen LogP contribution in [0.3, 0.4) is 0 Å². The lowest BCUT2D eigenvalue weighted by atomic mass is 10.2. The molecule has 0 radical (unpaired) electrons. The Bertz CT molecular complexity index is 592. The molecular formula is C12H10BrN3O3. The normalized spacial score (nSPS) is 11.9. The number of rotatable bonds is 4. The van der Waals surface area contributed by atoms with Crippen LogP contribution in [0.2, 0.25) is 0 Å². The van der Waals surface area contributed by atoms with Gasteiger partial charge in [-0.05, 0) is 44.9 Å². The zero-order chi connectivity index (χ0) is 13.8. The van der Waals surface area contributed by atoms with Crippen molar-refractivity contribution in [2.75, 3.05) is 0 Å². The fourth-order valence-electron chi connectivity index (χ4n) is 1.50. The van der Waals surface area contributed by atoms with Gasteiger partial charge in [0.25, 0.3) is 0 Å². The minimum atomic E-state index is -0.576. The highest BCUT2D eigenvalue weighted by Gasteiger charge is 2.20. The smallest absolute Gasteiger partial charge is 0.406 e. The third kappa shape index (κ3) is 3.25. The van der Waals surface area contributed by atoms with Gasteiger partial charge in [-0.2, -0.15) is 0 Å². The summed E-state index contributed by atoms with van der Waals surface area (Å²) in [5.74, 6) is -0.205. The van der Waals surface area contributed by atoms with Crippen molar-refractivity contribution in [1.29, 1.82) is 0 Å². The zero-order valence-electron chi connectivity index (χ0n) is 9.99. The maximum absolute atomic E-state index is 10.9. The van der Waals surface area contributed by atoms with Crippen molar-refractivity contribution in [2.45, 2.75) is 13.0 Å². The predicted octanol–water partition coefficient (Wildman–Crippen LogP) is 3.29. The average molecular weight is 324 g/mol. The molecule has 98 valence electrons. The lowest BCUT2D eigenvalue weighted by molar-refractivity contribution is -0.390. The zero-order valence-corrected chi connectivity index (χ0v) is 11.6. The molecule has 0 unspecified atom stereocenters. The van der Waals surface area contributed by atoms with Crippen LogP contribution in [0, 0.1) is 10.1 Å². The number of aromatic nitrogens is 2. The second-order valence-electron chi connectivity index (χ2n) is 3.75. The minimum absolute atomic E-state index is 0.109. The lowest BCUT2D eigenvalue weighted by Gasteiger charge is -2.13. The highest BCUT2D eigenvalue weighted by molar-refractivity contribution is 9.10. The summed E-state index contributed by atoms with van der Waals surface area (Å²) in [7, 11) is 0. The molecule has 19 heavy (non-hydrogen) atoms. The van der Waals surface area contributed by atoms with Gasteiger partial charge in [-0.1, -0.05) is 6.07 Å². The average Bonchev–Trinajstić information content (AvgIpc) is 2.39. The highest BCUT2D eigenvalue weighted by atomic mass is 79.9. The lowest BCUT2D eigenvalue weighted by Crippen LogP contribution is -2.07. The van der Waals surface area contributed by atoms with Gasteiger partial charge in [0.2, 0.25) is 5.75 Å². The molecule has 6 nitrogen and oxygen atoms in total. The second kappa shape index (κ2) is 5.75. The standard InChI is InChI=1S/C12H10BrN3O3/c1-8(10-4-2-3-5-14-10)19-11-6-9(13)7-15-12(11)16(17)18/h2-8H,1H3/t8-/m0/s1. The number of pyridine rings is 2. The third-order valence-corrected chi connectivity index (χ3v) is 2.81. The summed E-state index contributed by atoms with van der Waals surface area (Å²) in [5.41, 5.74) is 0.691. The summed E-state index contributed by atoms with van der Waals surface area (Å²) in [6.45, 7) is 1.77. The molecule has 2 aromatic heterocycles. The first-order valence-corrected chi connectivity index (χ1v) is 6.24. The summed E-state index contributed by atoms with van der Waals surface area (Å²) in [6.07, 6.45) is 2.59. The van der Waals surface area contributed by atoms with Crippen molar-refractivity contribution in [3.8, 4) is 5.75 Å². The Balaban J connectivity index is 2.28. The van der Waals surface area contributed by atoms with E-state index in [1.807, 2.05) is 6.07 Å². The first-order valence-electron chi connectivity index (χ1n) is 5.45. The SMILES string of the molecule is C[C@H](Oc1cc(Br)cnc1[N+](=O)[O-])c1ccccn1. The number of ether oxygens (including phenoxy) is 1. The number of nitro groups is 1. The Labute approximate surface area is 117 Å². The molecule has 0 amide bonds. The maximum atomic E-state index is 10.9. The quantitative estimate of drug-likeness (QED) is 0.637. The molecule has 1 atom stereocenters. The topological polar surface area (TPSA) is 78.2 Å². The van der Waals surface area contributed by atoms with Crippen LogP contribution in [0.4, 0.5) is 5.82 Å². The number of nitrogens with zero attached hydrogens (tertiary/aromatic N) is 3. The van der Waals surface area contributed by atoms with E-state index in [-0.39, 0.29) is 11.6 Å². The van der Waals surface area contributed by atoms with Gasteiger partial charge >= 0.3 is 5.82 Å². The Hall–Kier alpha value is -2.02. The molecule has 0 spiro atoms. The summed E-state index contributed by atoms with van der Waals surface area (Å²) in [6, 6.07) is 6.93. The molecule has 2 heterocycles. The van der Waals surface area contributed by atoms with Gasteiger partial charge in [-0.25, -0.2) is 0 Å². The van der Waals surface area contributed by atoms with Crippen LogP contribution in [0.25, 0.3) is 0 Å². The van der Waals surface area contributed by atoms with Gasteiger partial charge in [0, 0.05) is 12.3 Å². The van der Waals surface area contributed by atoms with Crippen LogP contribution in [0.15, 0.2) is 41.1 Å². The van der Waals surface area contributed by atoms with E-state index in [0.717, 1.165) is 0 Å². The molecule has 2 aromatic rings. The molecule has 0 saturated carbocycles. The fraction of sp³-hybridized carbons (Fsp3) is 0.167. The Morgan fingerprint density at radius 2 is 2.21 bits per heavy atom. The van der Waals surface area contributed by atoms with Crippen molar-refractivity contribution in [3.05, 3.63) is 56.9 Å². The molecular weight excluding hydrogens is 314 g/mol.